The summed E-state index contributed by atoms with van der Waals surface area (Å²) < 4.78 is 21.0. The third kappa shape index (κ3) is 6.28. The minimum Gasteiger partial charge on any atom is -0.493 e. The second-order valence-electron chi connectivity index (χ2n) is 6.67. The maximum Gasteiger partial charge on any atom is 0.410 e. The Bertz CT molecular complexity index is 874. The van der Waals surface area contributed by atoms with Crippen LogP contribution in [0, 0.1) is 0 Å². The molecule has 31 heavy (non-hydrogen) atoms. The number of nitrogens with zero attached hydrogens (tertiary/aromatic N) is 1. The summed E-state index contributed by atoms with van der Waals surface area (Å²) in [6, 6.07) is 12.0. The number of carbonyl (C=O) groups is 2. The molecule has 0 bridgehead atoms. The fraction of sp³-hybridized carbons (Fsp3) is 0.391. The summed E-state index contributed by atoms with van der Waals surface area (Å²) >= 11 is 6.16. The Morgan fingerprint density at radius 3 is 2.13 bits per heavy atom. The second kappa shape index (κ2) is 12.1. The van der Waals surface area contributed by atoms with Crippen LogP contribution >= 0.6 is 11.6 Å². The summed E-state index contributed by atoms with van der Waals surface area (Å²) in [5.41, 5.74) is 2.34. The van der Waals surface area contributed by atoms with Crippen LogP contribution in [0.2, 0.25) is 0 Å². The zero-order chi connectivity index (χ0) is 22.8. The second-order valence-corrected chi connectivity index (χ2v) is 6.93. The highest BCUT2D eigenvalue weighted by Crippen LogP contribution is 2.32. The predicted molar refractivity (Wildman–Crippen MR) is 118 cm³/mol. The van der Waals surface area contributed by atoms with Crippen molar-refractivity contribution in [1.82, 2.24) is 4.90 Å². The molecular weight excluding hydrogens is 422 g/mol. The van der Waals surface area contributed by atoms with Gasteiger partial charge >= 0.3 is 12.1 Å². The minimum atomic E-state index is -0.886. The van der Waals surface area contributed by atoms with Gasteiger partial charge in [-0.15, -0.1) is 11.6 Å². The Balaban J connectivity index is 2.49. The Hall–Kier alpha value is -2.93. The van der Waals surface area contributed by atoms with Crippen molar-refractivity contribution in [3.63, 3.8) is 0 Å². The van der Waals surface area contributed by atoms with Crippen LogP contribution in [0.25, 0.3) is 0 Å². The minimum absolute atomic E-state index is 0.0772. The molecule has 0 unspecified atom stereocenters. The highest BCUT2D eigenvalue weighted by atomic mass is 35.5. The number of halogens is 1. The summed E-state index contributed by atoms with van der Waals surface area (Å²) in [4.78, 5) is 26.9. The first-order valence-electron chi connectivity index (χ1n) is 9.83. The van der Waals surface area contributed by atoms with Crippen molar-refractivity contribution in [2.45, 2.75) is 31.8 Å². The van der Waals surface area contributed by atoms with Gasteiger partial charge in [0.2, 0.25) is 0 Å². The topological polar surface area (TPSA) is 74.3 Å². The number of carbonyl (C=O) groups excluding carboxylic acids is 2. The molecule has 168 valence electrons. The third-order valence-electron chi connectivity index (χ3n) is 4.81. The lowest BCUT2D eigenvalue weighted by Gasteiger charge is -2.30. The molecule has 0 radical (unpaired) electrons. The zero-order valence-corrected chi connectivity index (χ0v) is 19.0. The molecule has 1 atom stereocenters. The smallest absolute Gasteiger partial charge is 0.410 e. The van der Waals surface area contributed by atoms with Crippen molar-refractivity contribution in [2.24, 2.45) is 0 Å². The Kier molecular flexibility index (Phi) is 9.46. The summed E-state index contributed by atoms with van der Waals surface area (Å²) in [6.07, 6.45) is -0.348. The van der Waals surface area contributed by atoms with E-state index in [1.54, 1.807) is 19.1 Å². The van der Waals surface area contributed by atoms with Crippen LogP contribution < -0.4 is 9.47 Å². The SMILES string of the molecule is CCOC(=O)N(Cc1cc(OC)c(OC)cc1CCl)[C@@H](Cc1ccccc1)C(=O)OC. The van der Waals surface area contributed by atoms with Gasteiger partial charge in [0.15, 0.2) is 11.5 Å². The van der Waals surface area contributed by atoms with Crippen LogP contribution in [0.3, 0.4) is 0 Å². The molecule has 1 amide bonds. The average Bonchev–Trinajstić information content (AvgIpc) is 2.80. The molecule has 8 heteroatoms. The lowest BCUT2D eigenvalue weighted by atomic mass is 10.0. The van der Waals surface area contributed by atoms with Crippen molar-refractivity contribution < 1.29 is 28.5 Å². The molecule has 0 fully saturated rings. The average molecular weight is 450 g/mol. The van der Waals surface area contributed by atoms with Crippen molar-refractivity contribution in [1.29, 1.82) is 0 Å². The molecule has 0 saturated heterocycles. The largest absolute Gasteiger partial charge is 0.493 e. The zero-order valence-electron chi connectivity index (χ0n) is 18.2. The number of alkyl halides is 1. The molecular formula is C23H28ClNO6. The Morgan fingerprint density at radius 2 is 1.61 bits per heavy atom. The predicted octanol–water partition coefficient (Wildman–Crippen LogP) is 4.19. The van der Waals surface area contributed by atoms with Crippen LogP contribution in [0.15, 0.2) is 42.5 Å². The number of ether oxygens (including phenoxy) is 4. The van der Waals surface area contributed by atoms with Gasteiger partial charge < -0.3 is 18.9 Å². The molecule has 0 spiro atoms. The number of esters is 1. The van der Waals surface area contributed by atoms with E-state index in [2.05, 4.69) is 0 Å². The number of amides is 1. The first kappa shape index (κ1) is 24.3. The van der Waals surface area contributed by atoms with Gasteiger partial charge in [-0.2, -0.15) is 0 Å². The van der Waals surface area contributed by atoms with E-state index in [9.17, 15) is 9.59 Å². The molecule has 0 heterocycles. The van der Waals surface area contributed by atoms with Crippen molar-refractivity contribution in [3.8, 4) is 11.5 Å². The normalized spacial score (nSPS) is 11.4. The van der Waals surface area contributed by atoms with Crippen LogP contribution in [0.1, 0.15) is 23.6 Å². The van der Waals surface area contributed by atoms with E-state index < -0.39 is 18.1 Å². The molecule has 0 aliphatic rings. The van der Waals surface area contributed by atoms with Crippen molar-refractivity contribution in [2.75, 3.05) is 27.9 Å². The van der Waals surface area contributed by atoms with Gasteiger partial charge in [-0.25, -0.2) is 9.59 Å². The van der Waals surface area contributed by atoms with E-state index in [1.807, 2.05) is 30.3 Å². The fourth-order valence-electron chi connectivity index (χ4n) is 3.22. The lowest BCUT2D eigenvalue weighted by Crippen LogP contribution is -2.47. The van der Waals surface area contributed by atoms with Gasteiger partial charge in [-0.3, -0.25) is 4.90 Å². The third-order valence-corrected chi connectivity index (χ3v) is 5.10. The van der Waals surface area contributed by atoms with Crippen molar-refractivity contribution in [3.05, 3.63) is 59.2 Å². The molecule has 2 aromatic carbocycles. The maximum absolute atomic E-state index is 12.9. The number of hydrogen-bond donors (Lipinski definition) is 0. The summed E-state index contributed by atoms with van der Waals surface area (Å²) in [5.74, 6) is 0.671. The standard InChI is InChI=1S/C23H28ClNO6/c1-5-31-23(27)25(19(22(26)30-4)11-16-9-7-6-8-10-16)15-18-13-21(29-3)20(28-2)12-17(18)14-24/h6-10,12-13,19H,5,11,14-15H2,1-4H3/t19-/m0/s1. The fourth-order valence-corrected chi connectivity index (χ4v) is 3.47. The first-order valence-corrected chi connectivity index (χ1v) is 10.4. The lowest BCUT2D eigenvalue weighted by molar-refractivity contribution is -0.146. The quantitative estimate of drug-likeness (QED) is 0.400. The van der Waals surface area contributed by atoms with Crippen LogP contribution in [0.5, 0.6) is 11.5 Å². The molecule has 0 aromatic heterocycles. The Labute approximate surface area is 187 Å². The van der Waals surface area contributed by atoms with Gasteiger partial charge in [-0.05, 0) is 35.7 Å². The summed E-state index contributed by atoms with van der Waals surface area (Å²) in [6.45, 7) is 1.96. The molecule has 0 aliphatic carbocycles. The highest BCUT2D eigenvalue weighted by Gasteiger charge is 2.33. The molecule has 0 N–H and O–H groups in total. The summed E-state index contributed by atoms with van der Waals surface area (Å²) in [5, 5.41) is 0. The van der Waals surface area contributed by atoms with Gasteiger partial charge in [0.25, 0.3) is 0 Å². The van der Waals surface area contributed by atoms with E-state index in [-0.39, 0.29) is 25.5 Å². The van der Waals surface area contributed by atoms with Gasteiger partial charge in [0.1, 0.15) is 6.04 Å². The number of benzene rings is 2. The van der Waals surface area contributed by atoms with Gasteiger partial charge in [0.05, 0.1) is 34.5 Å². The van der Waals surface area contributed by atoms with Crippen molar-refractivity contribution >= 4 is 23.7 Å². The number of methoxy groups -OCH3 is 3. The molecule has 2 aromatic rings. The van der Waals surface area contributed by atoms with Crippen LogP contribution in [-0.2, 0) is 33.1 Å². The molecule has 7 nitrogen and oxygen atoms in total. The molecule has 2 rings (SSSR count). The number of rotatable bonds is 10. The molecule has 0 saturated carbocycles. The van der Waals surface area contributed by atoms with E-state index in [4.69, 9.17) is 30.5 Å². The van der Waals surface area contributed by atoms with Gasteiger partial charge in [0, 0.05) is 12.3 Å². The number of hydrogen-bond acceptors (Lipinski definition) is 6. The monoisotopic (exact) mass is 449 g/mol. The summed E-state index contributed by atoms with van der Waals surface area (Å²) in [7, 11) is 4.36. The van der Waals surface area contributed by atoms with Crippen LogP contribution in [-0.4, -0.2) is 50.9 Å². The van der Waals surface area contributed by atoms with E-state index in [0.29, 0.717) is 17.1 Å². The van der Waals surface area contributed by atoms with E-state index in [1.165, 1.54) is 26.2 Å². The molecule has 0 aliphatic heterocycles. The van der Waals surface area contributed by atoms with Crippen LogP contribution in [0.4, 0.5) is 4.79 Å². The maximum atomic E-state index is 12.9. The van der Waals surface area contributed by atoms with Gasteiger partial charge in [-0.1, -0.05) is 30.3 Å². The van der Waals surface area contributed by atoms with E-state index >= 15 is 0 Å². The highest BCUT2D eigenvalue weighted by molar-refractivity contribution is 6.17. The first-order chi connectivity index (χ1) is 15.0. The van der Waals surface area contributed by atoms with E-state index in [0.717, 1.165) is 11.1 Å². The Morgan fingerprint density at radius 1 is 1.00 bits per heavy atom.